The Morgan fingerprint density at radius 1 is 0.388 bits per heavy atom. The average Bonchev–Trinajstić information content (AvgIpc) is 3.59. The van der Waals surface area contributed by atoms with Crippen molar-refractivity contribution in [2.24, 2.45) is 0 Å². The topological polar surface area (TPSA) is 6.48 Å². The Hall–Kier alpha value is -5.02. The largest absolute Gasteiger partial charge is 0.311 e. The summed E-state index contributed by atoms with van der Waals surface area (Å²) in [7, 11) is 0. The quantitative estimate of drug-likeness (QED) is 0.160. The van der Waals surface area contributed by atoms with Crippen molar-refractivity contribution in [3.05, 3.63) is 147 Å². The Balaban J connectivity index is 1.24. The lowest BCUT2D eigenvalue weighted by Gasteiger charge is -2.49. The number of benzene rings is 6. The molecular formula is C64H73BN2. The number of anilines is 6. The van der Waals surface area contributed by atoms with Crippen molar-refractivity contribution in [2.45, 2.75) is 181 Å². The first-order chi connectivity index (χ1) is 31.3. The molecule has 6 aliphatic rings. The van der Waals surface area contributed by atoms with Crippen molar-refractivity contribution < 1.29 is 0 Å². The lowest BCUT2D eigenvalue weighted by atomic mass is 9.32. The molecule has 0 atom stereocenters. The van der Waals surface area contributed by atoms with Gasteiger partial charge in [-0.05, 0) is 192 Å². The predicted molar refractivity (Wildman–Crippen MR) is 289 cm³/mol. The molecule has 6 aromatic carbocycles. The summed E-state index contributed by atoms with van der Waals surface area (Å²) in [6.45, 7) is 39.6. The third kappa shape index (κ3) is 5.76. The van der Waals surface area contributed by atoms with Crippen LogP contribution in [0, 0.1) is 13.8 Å². The SMILES string of the molecule is Cc1cc2c3c(c1)N(c1cccc4c1-c1ccccc1C4(C)C)c1cc4c(cc1B3c1cc3c(cc1N2c1cc2c(cc1C)C(C)(C)CC2(C)C)C(C)(C)CCC3(C)C)C(C)(C)CCC4(C)C. The molecule has 2 nitrogen and oxygen atoms in total. The van der Waals surface area contributed by atoms with Gasteiger partial charge in [0, 0.05) is 39.4 Å². The standard InChI is InChI=1S/C64H73BN2/c1-37-28-54-57-55(29-37)67(51-33-47-42(30-38(51)2)62(11,12)36-63(47,13)14)53-35-46-44(59(5,6)25-27-61(46,9)10)32-49(53)65(57)48-31-43-45(60(7,8)26-24-58(43,3)4)34-52(48)66(54)50-23-19-22-41-56(50)39-20-17-18-21-40(39)64(41,15)16/h17-23,28-35H,24-27,36H2,1-16H3. The van der Waals surface area contributed by atoms with Gasteiger partial charge >= 0.3 is 0 Å². The van der Waals surface area contributed by atoms with Crippen molar-refractivity contribution in [1.29, 1.82) is 0 Å². The zero-order valence-electron chi connectivity index (χ0n) is 43.7. The second-order valence-electron chi connectivity index (χ2n) is 26.8. The van der Waals surface area contributed by atoms with E-state index in [9.17, 15) is 0 Å². The monoisotopic (exact) mass is 881 g/mol. The number of hydrogen-bond acceptors (Lipinski definition) is 2. The van der Waals surface area contributed by atoms with Gasteiger partial charge in [-0.25, -0.2) is 0 Å². The van der Waals surface area contributed by atoms with Crippen LogP contribution in [-0.2, 0) is 37.9 Å². The highest BCUT2D eigenvalue weighted by molar-refractivity contribution is 7.00. The van der Waals surface area contributed by atoms with E-state index in [0.717, 1.165) is 6.42 Å². The minimum atomic E-state index is -0.111. The van der Waals surface area contributed by atoms with E-state index in [1.165, 1.54) is 143 Å². The maximum atomic E-state index is 2.76. The molecule has 0 radical (unpaired) electrons. The molecule has 3 heteroatoms. The van der Waals surface area contributed by atoms with Crippen LogP contribution in [0.15, 0.2) is 91.0 Å². The van der Waals surface area contributed by atoms with Gasteiger partial charge < -0.3 is 9.80 Å². The number of nitrogens with zero attached hydrogens (tertiary/aromatic N) is 2. The lowest BCUT2D eigenvalue weighted by molar-refractivity contribution is 0.332. The van der Waals surface area contributed by atoms with Crippen LogP contribution in [0.2, 0.25) is 0 Å². The van der Waals surface area contributed by atoms with Gasteiger partial charge in [-0.1, -0.05) is 152 Å². The summed E-state index contributed by atoms with van der Waals surface area (Å²) >= 11 is 0. The molecule has 0 amide bonds. The summed E-state index contributed by atoms with van der Waals surface area (Å²) in [6.07, 6.45) is 5.89. The summed E-state index contributed by atoms with van der Waals surface area (Å²) in [5.41, 5.74) is 30.0. The summed E-state index contributed by atoms with van der Waals surface area (Å²) in [4.78, 5) is 5.51. The fourth-order valence-electron chi connectivity index (χ4n) is 15.0. The number of rotatable bonds is 2. The average molecular weight is 881 g/mol. The van der Waals surface area contributed by atoms with E-state index in [1.807, 2.05) is 0 Å². The molecule has 0 saturated heterocycles. The zero-order valence-corrected chi connectivity index (χ0v) is 43.7. The molecule has 6 aromatic rings. The molecule has 0 aromatic heterocycles. The number of fused-ring (bicyclic) bond motifs is 10. The summed E-state index contributed by atoms with van der Waals surface area (Å²) < 4.78 is 0. The molecule has 12 rings (SSSR count). The van der Waals surface area contributed by atoms with E-state index in [2.05, 4.69) is 212 Å². The highest BCUT2D eigenvalue weighted by atomic mass is 15.2. The van der Waals surface area contributed by atoms with E-state index >= 15 is 0 Å². The van der Waals surface area contributed by atoms with E-state index in [4.69, 9.17) is 0 Å². The highest BCUT2D eigenvalue weighted by Gasteiger charge is 2.50. The molecule has 2 heterocycles. The molecule has 0 saturated carbocycles. The van der Waals surface area contributed by atoms with Crippen molar-refractivity contribution >= 4 is 57.2 Å². The second-order valence-corrected chi connectivity index (χ2v) is 26.8. The van der Waals surface area contributed by atoms with Crippen molar-refractivity contribution in [3.63, 3.8) is 0 Å². The van der Waals surface area contributed by atoms with Crippen molar-refractivity contribution in [1.82, 2.24) is 0 Å². The van der Waals surface area contributed by atoms with Gasteiger partial charge in [0.05, 0.1) is 5.69 Å². The molecule has 4 aliphatic carbocycles. The summed E-state index contributed by atoms with van der Waals surface area (Å²) in [5.74, 6) is 0. The van der Waals surface area contributed by atoms with Gasteiger partial charge in [-0.15, -0.1) is 0 Å². The molecule has 0 unspecified atom stereocenters. The Labute approximate surface area is 403 Å². The van der Waals surface area contributed by atoms with Gasteiger partial charge in [0.1, 0.15) is 0 Å². The Bertz CT molecular complexity index is 3180. The van der Waals surface area contributed by atoms with Crippen LogP contribution in [0.5, 0.6) is 0 Å². The second kappa shape index (κ2) is 13.2. The first-order valence-corrected chi connectivity index (χ1v) is 25.8. The van der Waals surface area contributed by atoms with Gasteiger partial charge in [0.25, 0.3) is 6.71 Å². The Morgan fingerprint density at radius 3 is 1.36 bits per heavy atom. The molecule has 2 aliphatic heterocycles. The molecule has 0 bridgehead atoms. The smallest absolute Gasteiger partial charge is 0.252 e. The summed E-state index contributed by atoms with van der Waals surface area (Å²) in [6, 6.07) is 37.6. The van der Waals surface area contributed by atoms with E-state index in [-0.39, 0.29) is 44.6 Å². The van der Waals surface area contributed by atoms with Crippen molar-refractivity contribution in [2.75, 3.05) is 9.80 Å². The van der Waals surface area contributed by atoms with Gasteiger partial charge in [-0.2, -0.15) is 0 Å². The highest BCUT2D eigenvalue weighted by Crippen LogP contribution is 2.58. The first-order valence-electron chi connectivity index (χ1n) is 25.8. The van der Waals surface area contributed by atoms with Gasteiger partial charge in [0.2, 0.25) is 0 Å². The molecule has 0 N–H and O–H groups in total. The van der Waals surface area contributed by atoms with Crippen LogP contribution < -0.4 is 26.2 Å². The Morgan fingerprint density at radius 2 is 0.821 bits per heavy atom. The van der Waals surface area contributed by atoms with Crippen LogP contribution in [0.1, 0.15) is 185 Å². The minimum absolute atomic E-state index is 0.0558. The van der Waals surface area contributed by atoms with E-state index in [1.54, 1.807) is 0 Å². The lowest BCUT2D eigenvalue weighted by Crippen LogP contribution is -2.62. The third-order valence-electron chi connectivity index (χ3n) is 18.9. The molecule has 342 valence electrons. The van der Waals surface area contributed by atoms with Gasteiger partial charge in [0.15, 0.2) is 0 Å². The van der Waals surface area contributed by atoms with Gasteiger partial charge in [-0.3, -0.25) is 0 Å². The van der Waals surface area contributed by atoms with E-state index in [0.29, 0.717) is 0 Å². The molecule has 0 spiro atoms. The molecule has 0 fully saturated rings. The van der Waals surface area contributed by atoms with Crippen LogP contribution in [0.25, 0.3) is 11.1 Å². The molecular weight excluding hydrogens is 808 g/mol. The maximum Gasteiger partial charge on any atom is 0.252 e. The first kappa shape index (κ1) is 43.3. The van der Waals surface area contributed by atoms with Crippen LogP contribution in [0.3, 0.4) is 0 Å². The fraction of sp³-hybridized carbons (Fsp3) is 0.438. The zero-order chi connectivity index (χ0) is 47.5. The third-order valence-corrected chi connectivity index (χ3v) is 18.9. The Kier molecular flexibility index (Phi) is 8.52. The maximum absolute atomic E-state index is 2.76. The predicted octanol–water partition coefficient (Wildman–Crippen LogP) is 15.3. The summed E-state index contributed by atoms with van der Waals surface area (Å²) in [5, 5.41) is 0. The van der Waals surface area contributed by atoms with E-state index < -0.39 is 0 Å². The van der Waals surface area contributed by atoms with Crippen molar-refractivity contribution in [3.8, 4) is 11.1 Å². The molecule has 67 heavy (non-hydrogen) atoms. The minimum Gasteiger partial charge on any atom is -0.311 e. The number of hydrogen-bond donors (Lipinski definition) is 0. The normalized spacial score (nSPS) is 21.6. The van der Waals surface area contributed by atoms with Crippen LogP contribution in [0.4, 0.5) is 34.1 Å². The van der Waals surface area contributed by atoms with Crippen LogP contribution in [-0.4, -0.2) is 6.71 Å². The fourth-order valence-corrected chi connectivity index (χ4v) is 15.0. The van der Waals surface area contributed by atoms with Crippen LogP contribution >= 0.6 is 0 Å². The number of aryl methyl sites for hydroxylation is 2.